The number of carbonyl (C=O) groups excluding carboxylic acids is 1. The van der Waals surface area contributed by atoms with Crippen LogP contribution >= 0.6 is 15.9 Å². The number of hydrogen-bond acceptors (Lipinski definition) is 4. The lowest BCUT2D eigenvalue weighted by atomic mass is 10.1. The highest BCUT2D eigenvalue weighted by Gasteiger charge is 2.30. The average Bonchev–Trinajstić information content (AvgIpc) is 3.04. The van der Waals surface area contributed by atoms with Crippen molar-refractivity contribution in [2.75, 3.05) is 6.54 Å². The van der Waals surface area contributed by atoms with E-state index in [0.717, 1.165) is 34.0 Å². The molecule has 0 saturated carbocycles. The normalized spacial score (nSPS) is 14.2. The van der Waals surface area contributed by atoms with Crippen molar-refractivity contribution in [3.05, 3.63) is 93.8 Å². The van der Waals surface area contributed by atoms with Crippen molar-refractivity contribution >= 4 is 42.8 Å². The van der Waals surface area contributed by atoms with Crippen LogP contribution in [0.3, 0.4) is 0 Å². The van der Waals surface area contributed by atoms with Crippen LogP contribution in [-0.4, -0.2) is 34.7 Å². The monoisotopic (exact) mass is 523 g/mol. The lowest BCUT2D eigenvalue weighted by Crippen LogP contribution is -2.33. The van der Waals surface area contributed by atoms with E-state index in [2.05, 4.69) is 20.9 Å². The van der Waals surface area contributed by atoms with E-state index in [4.69, 9.17) is 0 Å². The molecule has 0 saturated heterocycles. The van der Waals surface area contributed by atoms with Crippen LogP contribution in [0.4, 0.5) is 0 Å². The van der Waals surface area contributed by atoms with Crippen LogP contribution in [0.2, 0.25) is 0 Å². The number of aryl methyl sites for hydroxylation is 2. The van der Waals surface area contributed by atoms with Gasteiger partial charge in [0.05, 0.1) is 10.4 Å². The molecule has 1 amide bonds. The Kier molecular flexibility index (Phi) is 5.58. The van der Waals surface area contributed by atoms with Crippen LogP contribution in [0.1, 0.15) is 33.6 Å². The number of rotatable bonds is 3. The molecule has 8 heteroatoms. The third-order valence-electron chi connectivity index (χ3n) is 6.03. The van der Waals surface area contributed by atoms with Gasteiger partial charge < -0.3 is 4.90 Å². The molecule has 4 aromatic rings. The lowest BCUT2D eigenvalue weighted by molar-refractivity contribution is 0.0739. The molecule has 0 bridgehead atoms. The van der Waals surface area contributed by atoms with Gasteiger partial charge in [-0.3, -0.25) is 9.78 Å². The molecule has 1 aliphatic rings. The molecule has 0 fully saturated rings. The number of amides is 1. The third-order valence-corrected chi connectivity index (χ3v) is 8.26. The van der Waals surface area contributed by atoms with Gasteiger partial charge in [-0.2, -0.15) is 0 Å². The first-order valence-electron chi connectivity index (χ1n) is 10.7. The molecule has 3 heterocycles. The number of nitrogens with zero attached hydrogens (tertiary/aromatic N) is 3. The summed E-state index contributed by atoms with van der Waals surface area (Å²) in [5.74, 6) is -0.303. The summed E-state index contributed by atoms with van der Waals surface area (Å²) in [6.45, 7) is 2.87. The Morgan fingerprint density at radius 2 is 1.82 bits per heavy atom. The minimum atomic E-state index is -4.00. The van der Waals surface area contributed by atoms with Gasteiger partial charge in [-0.25, -0.2) is 12.4 Å². The van der Waals surface area contributed by atoms with Crippen molar-refractivity contribution in [2.45, 2.75) is 31.2 Å². The Balaban J connectivity index is 1.66. The van der Waals surface area contributed by atoms with E-state index in [-0.39, 0.29) is 16.5 Å². The van der Waals surface area contributed by atoms with Crippen molar-refractivity contribution in [3.8, 4) is 0 Å². The maximum Gasteiger partial charge on any atom is 0.271 e. The van der Waals surface area contributed by atoms with Crippen LogP contribution in [0, 0.1) is 6.92 Å². The highest BCUT2D eigenvalue weighted by atomic mass is 79.9. The molecular formula is C25H22BrN3O3S. The molecule has 2 aromatic carbocycles. The Morgan fingerprint density at radius 3 is 2.61 bits per heavy atom. The molecule has 0 unspecified atom stereocenters. The summed E-state index contributed by atoms with van der Waals surface area (Å²) in [7, 11) is -4.00. The summed E-state index contributed by atoms with van der Waals surface area (Å²) in [6, 6.07) is 15.7. The highest BCUT2D eigenvalue weighted by Crippen LogP contribution is 2.30. The van der Waals surface area contributed by atoms with Crippen LogP contribution < -0.4 is 0 Å². The van der Waals surface area contributed by atoms with Gasteiger partial charge in [-0.05, 0) is 67.3 Å². The van der Waals surface area contributed by atoms with E-state index < -0.39 is 10.0 Å². The number of halogens is 1. The molecular weight excluding hydrogens is 502 g/mol. The number of benzene rings is 2. The minimum Gasteiger partial charge on any atom is -0.333 e. The molecule has 6 nitrogen and oxygen atoms in total. The number of carbonyl (C=O) groups is 1. The van der Waals surface area contributed by atoms with E-state index in [9.17, 15) is 13.2 Å². The van der Waals surface area contributed by atoms with Gasteiger partial charge in [0.15, 0.2) is 0 Å². The second kappa shape index (κ2) is 8.43. The van der Waals surface area contributed by atoms with Gasteiger partial charge in [0, 0.05) is 35.3 Å². The summed E-state index contributed by atoms with van der Waals surface area (Å²) < 4.78 is 29.5. The smallest absolute Gasteiger partial charge is 0.271 e. The summed E-state index contributed by atoms with van der Waals surface area (Å²) in [5, 5.41) is 0.691. The maximum atomic E-state index is 13.8. The van der Waals surface area contributed by atoms with Crippen molar-refractivity contribution in [3.63, 3.8) is 0 Å². The molecule has 1 aliphatic heterocycles. The maximum absolute atomic E-state index is 13.8. The Hall–Kier alpha value is -2.97. The molecule has 0 spiro atoms. The van der Waals surface area contributed by atoms with E-state index in [0.29, 0.717) is 24.0 Å². The average molecular weight is 524 g/mol. The Morgan fingerprint density at radius 1 is 1.03 bits per heavy atom. The van der Waals surface area contributed by atoms with Crippen molar-refractivity contribution in [1.29, 1.82) is 0 Å². The largest absolute Gasteiger partial charge is 0.333 e. The summed E-state index contributed by atoms with van der Waals surface area (Å²) in [5.41, 5.74) is 3.74. The van der Waals surface area contributed by atoms with E-state index >= 15 is 0 Å². The molecule has 0 N–H and O–H groups in total. The number of pyridine rings is 1. The van der Waals surface area contributed by atoms with Gasteiger partial charge in [0.25, 0.3) is 15.9 Å². The third kappa shape index (κ3) is 3.98. The fourth-order valence-corrected chi connectivity index (χ4v) is 6.14. The predicted octanol–water partition coefficient (Wildman–Crippen LogP) is 4.93. The number of aromatic nitrogens is 2. The minimum absolute atomic E-state index is 0.140. The fourth-order valence-electron chi connectivity index (χ4n) is 4.29. The molecule has 2 aromatic heterocycles. The zero-order chi connectivity index (χ0) is 23.2. The van der Waals surface area contributed by atoms with Gasteiger partial charge in [-0.1, -0.05) is 39.7 Å². The van der Waals surface area contributed by atoms with Crippen molar-refractivity contribution in [2.24, 2.45) is 0 Å². The number of fused-ring (bicyclic) bond motifs is 2. The van der Waals surface area contributed by atoms with E-state index in [1.165, 1.54) is 3.97 Å². The van der Waals surface area contributed by atoms with Gasteiger partial charge in [0.2, 0.25) is 0 Å². The van der Waals surface area contributed by atoms with Crippen molar-refractivity contribution in [1.82, 2.24) is 13.9 Å². The molecule has 0 atom stereocenters. The summed E-state index contributed by atoms with van der Waals surface area (Å²) >= 11 is 3.44. The zero-order valence-corrected chi connectivity index (χ0v) is 20.4. The topological polar surface area (TPSA) is 72.3 Å². The summed E-state index contributed by atoms with van der Waals surface area (Å²) in [6.07, 6.45) is 5.20. The standard InChI is InChI=1S/C25H22BrN3O3S/c1-17-4-8-22(9-5-17)33(31,32)29-23-14-21(26)7-6-18(23)13-24(29)25(30)28-12-2-3-19-15-27-11-10-20(19)16-28/h4-11,13-15H,2-3,12,16H2,1H3. The lowest BCUT2D eigenvalue weighted by Gasteiger charge is -2.22. The van der Waals surface area contributed by atoms with Crippen molar-refractivity contribution < 1.29 is 13.2 Å². The number of hydrogen-bond donors (Lipinski definition) is 0. The Labute approximate surface area is 201 Å². The van der Waals surface area contributed by atoms with Crippen LogP contribution in [-0.2, 0) is 23.0 Å². The predicted molar refractivity (Wildman–Crippen MR) is 131 cm³/mol. The molecule has 0 aliphatic carbocycles. The highest BCUT2D eigenvalue weighted by molar-refractivity contribution is 9.10. The van der Waals surface area contributed by atoms with Crippen LogP contribution in [0.5, 0.6) is 0 Å². The van der Waals surface area contributed by atoms with E-state index in [1.54, 1.807) is 47.5 Å². The molecule has 168 valence electrons. The van der Waals surface area contributed by atoms with E-state index in [1.807, 2.05) is 31.3 Å². The SMILES string of the molecule is Cc1ccc(S(=O)(=O)n2c(C(=O)N3CCCc4cnccc4C3)cc3ccc(Br)cc32)cc1. The van der Waals surface area contributed by atoms with Gasteiger partial charge in [-0.15, -0.1) is 0 Å². The molecule has 5 rings (SSSR count). The second-order valence-electron chi connectivity index (χ2n) is 8.29. The quantitative estimate of drug-likeness (QED) is 0.381. The first-order valence-corrected chi connectivity index (χ1v) is 12.9. The molecule has 33 heavy (non-hydrogen) atoms. The second-order valence-corrected chi connectivity index (χ2v) is 11.0. The van der Waals surface area contributed by atoms with Gasteiger partial charge >= 0.3 is 0 Å². The molecule has 0 radical (unpaired) electrons. The summed E-state index contributed by atoms with van der Waals surface area (Å²) in [4.78, 5) is 19.9. The van der Waals surface area contributed by atoms with Crippen LogP contribution in [0.25, 0.3) is 10.9 Å². The first kappa shape index (κ1) is 21.9. The van der Waals surface area contributed by atoms with Gasteiger partial charge in [0.1, 0.15) is 5.69 Å². The van der Waals surface area contributed by atoms with Crippen LogP contribution in [0.15, 0.2) is 76.4 Å². The fraction of sp³-hybridized carbons (Fsp3) is 0.200. The first-order chi connectivity index (χ1) is 15.8. The zero-order valence-electron chi connectivity index (χ0n) is 18.0. The Bertz CT molecular complexity index is 1480.